The van der Waals surface area contributed by atoms with E-state index in [4.69, 9.17) is 4.74 Å². The lowest BCUT2D eigenvalue weighted by Crippen LogP contribution is -3.14. The Hall–Kier alpha value is -2.86. The van der Waals surface area contributed by atoms with E-state index in [1.54, 1.807) is 49.6 Å². The van der Waals surface area contributed by atoms with Crippen molar-refractivity contribution in [1.29, 1.82) is 0 Å². The highest BCUT2D eigenvalue weighted by molar-refractivity contribution is 6.10. The van der Waals surface area contributed by atoms with Crippen LogP contribution in [0.25, 0.3) is 0 Å². The molecule has 2 aromatic rings. The molecule has 1 heterocycles. The van der Waals surface area contributed by atoms with Crippen molar-refractivity contribution in [2.24, 2.45) is 5.92 Å². The minimum Gasteiger partial charge on any atom is -0.497 e. The summed E-state index contributed by atoms with van der Waals surface area (Å²) in [6.45, 7) is 4.71. The zero-order valence-corrected chi connectivity index (χ0v) is 16.5. The molecule has 0 radical (unpaired) electrons. The smallest absolute Gasteiger partial charge is 0.279 e. The van der Waals surface area contributed by atoms with Gasteiger partial charge in [0.1, 0.15) is 5.75 Å². The Bertz CT molecular complexity index is 820. The minimum atomic E-state index is -0.264. The normalized spacial score (nSPS) is 18.9. The van der Waals surface area contributed by atoms with Crippen LogP contribution in [0.5, 0.6) is 5.75 Å². The fourth-order valence-electron chi connectivity index (χ4n) is 3.64. The van der Waals surface area contributed by atoms with Crippen molar-refractivity contribution in [1.82, 2.24) is 0 Å². The van der Waals surface area contributed by atoms with Crippen LogP contribution in [0.1, 0.15) is 30.1 Å². The number of para-hydroxylation sites is 1. The number of nitrogens with one attached hydrogen (secondary N) is 3. The number of carbonyl (C=O) groups is 2. The average Bonchev–Trinajstić information content (AvgIpc) is 2.69. The van der Waals surface area contributed by atoms with Crippen LogP contribution in [0.2, 0.25) is 0 Å². The SMILES string of the molecule is COc1ccc(NC(=O)c2ccccc2NC(=O)C[NH+]2CCC[C@@H](C)C2)cc1. The Morgan fingerprint density at radius 2 is 1.86 bits per heavy atom. The van der Waals surface area contributed by atoms with Gasteiger partial charge in [-0.3, -0.25) is 9.59 Å². The maximum absolute atomic E-state index is 12.7. The number of anilines is 2. The third-order valence-corrected chi connectivity index (χ3v) is 5.07. The lowest BCUT2D eigenvalue weighted by molar-refractivity contribution is -0.900. The number of hydrogen-bond acceptors (Lipinski definition) is 3. The van der Waals surface area contributed by atoms with Gasteiger partial charge in [-0.2, -0.15) is 0 Å². The van der Waals surface area contributed by atoms with Crippen molar-refractivity contribution < 1.29 is 19.2 Å². The van der Waals surface area contributed by atoms with Crippen LogP contribution in [0.15, 0.2) is 48.5 Å². The number of rotatable bonds is 6. The minimum absolute atomic E-state index is 0.0613. The summed E-state index contributed by atoms with van der Waals surface area (Å²) in [6.07, 6.45) is 2.39. The van der Waals surface area contributed by atoms with E-state index >= 15 is 0 Å². The first-order valence-corrected chi connectivity index (χ1v) is 9.73. The third kappa shape index (κ3) is 5.33. The number of quaternary nitrogens is 1. The van der Waals surface area contributed by atoms with Gasteiger partial charge in [0, 0.05) is 11.6 Å². The first kappa shape index (κ1) is 19.9. The molecular weight excluding hydrogens is 354 g/mol. The summed E-state index contributed by atoms with van der Waals surface area (Å²) in [5, 5.41) is 5.78. The van der Waals surface area contributed by atoms with Crippen molar-refractivity contribution in [3.63, 3.8) is 0 Å². The zero-order chi connectivity index (χ0) is 19.9. The number of methoxy groups -OCH3 is 1. The standard InChI is InChI=1S/C22H27N3O3/c1-16-6-5-13-25(14-16)15-21(26)24-20-8-4-3-7-19(20)22(27)23-17-9-11-18(28-2)12-10-17/h3-4,7-12,16H,5-6,13-15H2,1-2H3,(H,23,27)(H,24,26)/p+1/t16-/m1/s1. The fourth-order valence-corrected chi connectivity index (χ4v) is 3.64. The molecule has 28 heavy (non-hydrogen) atoms. The predicted molar refractivity (Wildman–Crippen MR) is 110 cm³/mol. The highest BCUT2D eigenvalue weighted by Crippen LogP contribution is 2.19. The van der Waals surface area contributed by atoms with Gasteiger partial charge in [0.15, 0.2) is 6.54 Å². The molecule has 6 heteroatoms. The van der Waals surface area contributed by atoms with Crippen LogP contribution in [0.4, 0.5) is 11.4 Å². The molecule has 3 N–H and O–H groups in total. The number of amides is 2. The van der Waals surface area contributed by atoms with E-state index in [0.29, 0.717) is 29.4 Å². The van der Waals surface area contributed by atoms with E-state index in [-0.39, 0.29) is 11.8 Å². The third-order valence-electron chi connectivity index (χ3n) is 5.07. The van der Waals surface area contributed by atoms with Crippen LogP contribution in [0, 0.1) is 5.92 Å². The summed E-state index contributed by atoms with van der Waals surface area (Å²) < 4.78 is 5.13. The lowest BCUT2D eigenvalue weighted by Gasteiger charge is -2.27. The topological polar surface area (TPSA) is 71.9 Å². The number of piperidine rings is 1. The van der Waals surface area contributed by atoms with Crippen LogP contribution in [-0.2, 0) is 4.79 Å². The Labute approximate surface area is 165 Å². The largest absolute Gasteiger partial charge is 0.497 e. The number of carbonyl (C=O) groups excluding carboxylic acids is 2. The molecule has 0 aromatic heterocycles. The zero-order valence-electron chi connectivity index (χ0n) is 16.5. The Kier molecular flexibility index (Phi) is 6.66. The maximum atomic E-state index is 12.7. The summed E-state index contributed by atoms with van der Waals surface area (Å²) in [6, 6.07) is 14.2. The summed E-state index contributed by atoms with van der Waals surface area (Å²) in [4.78, 5) is 26.5. The van der Waals surface area contributed by atoms with E-state index in [9.17, 15) is 9.59 Å². The van der Waals surface area contributed by atoms with Crippen molar-refractivity contribution in [2.45, 2.75) is 19.8 Å². The quantitative estimate of drug-likeness (QED) is 0.717. The highest BCUT2D eigenvalue weighted by Gasteiger charge is 2.22. The molecule has 2 aromatic carbocycles. The molecule has 1 unspecified atom stereocenters. The number of hydrogen-bond donors (Lipinski definition) is 3. The Balaban J connectivity index is 1.64. The summed E-state index contributed by atoms with van der Waals surface area (Å²) in [5.41, 5.74) is 1.63. The maximum Gasteiger partial charge on any atom is 0.279 e. The second kappa shape index (κ2) is 9.37. The van der Waals surface area contributed by atoms with Gasteiger partial charge < -0.3 is 20.3 Å². The van der Waals surface area contributed by atoms with Gasteiger partial charge in [0.05, 0.1) is 31.5 Å². The van der Waals surface area contributed by atoms with E-state index in [0.717, 1.165) is 25.3 Å². The van der Waals surface area contributed by atoms with Gasteiger partial charge in [-0.05, 0) is 49.2 Å². The van der Waals surface area contributed by atoms with Gasteiger partial charge in [0.25, 0.3) is 11.8 Å². The lowest BCUT2D eigenvalue weighted by atomic mass is 10.0. The first-order chi connectivity index (χ1) is 13.5. The second-order valence-electron chi connectivity index (χ2n) is 7.40. The number of benzene rings is 2. The van der Waals surface area contributed by atoms with Gasteiger partial charge in [-0.1, -0.05) is 19.1 Å². The van der Waals surface area contributed by atoms with Crippen LogP contribution in [0.3, 0.4) is 0 Å². The molecule has 0 spiro atoms. The fraction of sp³-hybridized carbons (Fsp3) is 0.364. The van der Waals surface area contributed by atoms with E-state index in [1.165, 1.54) is 11.3 Å². The van der Waals surface area contributed by atoms with Crippen molar-refractivity contribution in [2.75, 3.05) is 37.4 Å². The molecule has 148 valence electrons. The number of ether oxygens (including phenoxy) is 1. The van der Waals surface area contributed by atoms with Gasteiger partial charge >= 0.3 is 0 Å². The monoisotopic (exact) mass is 382 g/mol. The molecule has 1 fully saturated rings. The molecule has 1 saturated heterocycles. The molecular formula is C22H28N3O3+. The van der Waals surface area contributed by atoms with Gasteiger partial charge in [0.2, 0.25) is 0 Å². The van der Waals surface area contributed by atoms with E-state index in [1.807, 2.05) is 6.07 Å². The predicted octanol–water partition coefficient (Wildman–Crippen LogP) is 2.20. The summed E-state index contributed by atoms with van der Waals surface area (Å²) in [7, 11) is 1.60. The van der Waals surface area contributed by atoms with Crippen LogP contribution >= 0.6 is 0 Å². The first-order valence-electron chi connectivity index (χ1n) is 9.73. The second-order valence-corrected chi connectivity index (χ2v) is 7.40. The molecule has 0 bridgehead atoms. The van der Waals surface area contributed by atoms with Gasteiger partial charge in [-0.15, -0.1) is 0 Å². The molecule has 6 nitrogen and oxygen atoms in total. The van der Waals surface area contributed by atoms with E-state index in [2.05, 4.69) is 17.6 Å². The highest BCUT2D eigenvalue weighted by atomic mass is 16.5. The molecule has 3 rings (SSSR count). The molecule has 2 atom stereocenters. The molecule has 1 aliphatic rings. The molecule has 1 aliphatic heterocycles. The van der Waals surface area contributed by atoms with Crippen LogP contribution < -0.4 is 20.3 Å². The summed E-state index contributed by atoms with van der Waals surface area (Å²) >= 11 is 0. The summed E-state index contributed by atoms with van der Waals surface area (Å²) in [5.74, 6) is 1.05. The molecule has 0 aliphatic carbocycles. The Morgan fingerprint density at radius 1 is 1.11 bits per heavy atom. The molecule has 0 saturated carbocycles. The van der Waals surface area contributed by atoms with Crippen LogP contribution in [-0.4, -0.2) is 38.6 Å². The van der Waals surface area contributed by atoms with Crippen molar-refractivity contribution in [3.8, 4) is 5.75 Å². The number of likely N-dealkylation sites (tertiary alicyclic amines) is 1. The van der Waals surface area contributed by atoms with E-state index < -0.39 is 0 Å². The van der Waals surface area contributed by atoms with Crippen molar-refractivity contribution in [3.05, 3.63) is 54.1 Å². The Morgan fingerprint density at radius 3 is 2.57 bits per heavy atom. The van der Waals surface area contributed by atoms with Gasteiger partial charge in [-0.25, -0.2) is 0 Å². The van der Waals surface area contributed by atoms with Crippen molar-refractivity contribution >= 4 is 23.2 Å². The average molecular weight is 382 g/mol. The molecule has 2 amide bonds.